The molecule has 2 fully saturated rings. The maximum Gasteiger partial charge on any atom is 0.229 e. The van der Waals surface area contributed by atoms with Gasteiger partial charge in [-0.05, 0) is 27.3 Å². The average Bonchev–Trinajstić information content (AvgIpc) is 3.10. The molecule has 0 unspecified atom stereocenters. The number of amides is 1. The fourth-order valence-electron chi connectivity index (χ4n) is 5.03. The Hall–Kier alpha value is -2.19. The summed E-state index contributed by atoms with van der Waals surface area (Å²) in [5.41, 5.74) is 3.42. The molecule has 0 N–H and O–H groups in total. The molecule has 0 spiro atoms. The number of anilines is 1. The lowest BCUT2D eigenvalue weighted by atomic mass is 9.96. The lowest BCUT2D eigenvalue weighted by Crippen LogP contribution is -2.59. The van der Waals surface area contributed by atoms with Gasteiger partial charge < -0.3 is 14.7 Å². The van der Waals surface area contributed by atoms with Gasteiger partial charge in [0, 0.05) is 76.5 Å². The topological polar surface area (TPSA) is 60.2 Å². The number of likely N-dealkylation sites (N-methyl/N-ethyl adjacent to an activating group) is 1. The second-order valence-electron chi connectivity index (χ2n) is 9.32. The average molecular weight is 412 g/mol. The number of aromatic nitrogens is 3. The van der Waals surface area contributed by atoms with Crippen LogP contribution in [-0.2, 0) is 17.6 Å². The number of nitrogens with zero attached hydrogens (tertiary/aromatic N) is 7. The molecule has 0 saturated carbocycles. The highest BCUT2D eigenvalue weighted by Gasteiger charge is 2.39. The van der Waals surface area contributed by atoms with E-state index in [1.165, 1.54) is 11.3 Å². The lowest BCUT2D eigenvalue weighted by Gasteiger charge is -2.44. The molecule has 2 saturated heterocycles. The summed E-state index contributed by atoms with van der Waals surface area (Å²) >= 11 is 0. The van der Waals surface area contributed by atoms with Crippen LogP contribution in [0, 0.1) is 5.92 Å². The second kappa shape index (κ2) is 7.81. The molecule has 5 heterocycles. The summed E-state index contributed by atoms with van der Waals surface area (Å²) in [4.78, 5) is 27.2. The molecule has 3 aliphatic rings. The van der Waals surface area contributed by atoms with Gasteiger partial charge in [-0.15, -0.1) is 0 Å². The molecule has 0 aromatic carbocycles. The van der Waals surface area contributed by atoms with E-state index in [-0.39, 0.29) is 5.92 Å². The Kier molecular flexibility index (Phi) is 5.14. The van der Waals surface area contributed by atoms with Crippen LogP contribution in [0.5, 0.6) is 0 Å². The Morgan fingerprint density at radius 3 is 2.53 bits per heavy atom. The van der Waals surface area contributed by atoms with Crippen molar-refractivity contribution in [2.75, 3.05) is 64.3 Å². The molecule has 2 aromatic rings. The minimum Gasteiger partial charge on any atom is -0.354 e. The first-order valence-electron chi connectivity index (χ1n) is 11.3. The normalized spacial score (nSPS) is 21.7. The minimum atomic E-state index is 0.0958. The van der Waals surface area contributed by atoms with Crippen LogP contribution in [0.15, 0.2) is 12.3 Å². The molecule has 8 heteroatoms. The predicted octanol–water partition coefficient (Wildman–Crippen LogP) is 0.749. The summed E-state index contributed by atoms with van der Waals surface area (Å²) < 4.78 is 1.98. The summed E-state index contributed by atoms with van der Waals surface area (Å²) in [6, 6.07) is 2.54. The highest BCUT2D eigenvalue weighted by atomic mass is 16.2. The van der Waals surface area contributed by atoms with Gasteiger partial charge in [-0.1, -0.05) is 0 Å². The van der Waals surface area contributed by atoms with Crippen molar-refractivity contribution in [3.8, 4) is 0 Å². The molecule has 0 bridgehead atoms. The van der Waals surface area contributed by atoms with Gasteiger partial charge in [0.2, 0.25) is 5.91 Å². The van der Waals surface area contributed by atoms with Gasteiger partial charge in [0.05, 0.1) is 17.8 Å². The van der Waals surface area contributed by atoms with E-state index in [0.717, 1.165) is 76.7 Å². The van der Waals surface area contributed by atoms with Crippen molar-refractivity contribution in [2.24, 2.45) is 5.92 Å². The molecule has 3 aliphatic heterocycles. The molecule has 0 atom stereocenters. The highest BCUT2D eigenvalue weighted by Crippen LogP contribution is 2.32. The smallest absolute Gasteiger partial charge is 0.229 e. The first-order chi connectivity index (χ1) is 14.5. The molecular weight excluding hydrogens is 378 g/mol. The fourth-order valence-corrected chi connectivity index (χ4v) is 5.03. The van der Waals surface area contributed by atoms with Gasteiger partial charge in [0.15, 0.2) is 5.65 Å². The van der Waals surface area contributed by atoms with Gasteiger partial charge in [0.25, 0.3) is 0 Å². The zero-order valence-electron chi connectivity index (χ0n) is 18.4. The third kappa shape index (κ3) is 3.46. The van der Waals surface area contributed by atoms with Crippen molar-refractivity contribution in [2.45, 2.75) is 32.7 Å². The van der Waals surface area contributed by atoms with E-state index in [1.807, 2.05) is 16.8 Å². The standard InChI is InChI=1S/C22H33N7O/c1-16(2)26-10-12-27(13-11-26)22(30)17-14-28(15-17)21-18-5-8-25(3)9-6-19(18)24-20-4-7-23-29(20)21/h4,7,16-17H,5-6,8-15H2,1-3H3. The zero-order valence-corrected chi connectivity index (χ0v) is 18.4. The third-order valence-corrected chi connectivity index (χ3v) is 7.05. The van der Waals surface area contributed by atoms with Crippen molar-refractivity contribution in [3.63, 3.8) is 0 Å². The molecule has 0 radical (unpaired) electrons. The van der Waals surface area contributed by atoms with Crippen LogP contribution in [0.1, 0.15) is 25.1 Å². The van der Waals surface area contributed by atoms with Crippen molar-refractivity contribution < 1.29 is 4.79 Å². The van der Waals surface area contributed by atoms with E-state index >= 15 is 0 Å². The number of carbonyl (C=O) groups is 1. The summed E-state index contributed by atoms with van der Waals surface area (Å²) in [7, 11) is 2.17. The van der Waals surface area contributed by atoms with Crippen LogP contribution >= 0.6 is 0 Å². The van der Waals surface area contributed by atoms with E-state index in [2.05, 4.69) is 45.6 Å². The first kappa shape index (κ1) is 19.8. The highest BCUT2D eigenvalue weighted by molar-refractivity contribution is 5.82. The molecule has 30 heavy (non-hydrogen) atoms. The van der Waals surface area contributed by atoms with Crippen molar-refractivity contribution in [1.82, 2.24) is 29.3 Å². The lowest BCUT2D eigenvalue weighted by molar-refractivity contribution is -0.138. The molecule has 1 amide bonds. The number of rotatable bonds is 3. The number of carbonyl (C=O) groups excluding carboxylic acids is 1. The summed E-state index contributed by atoms with van der Waals surface area (Å²) in [6.45, 7) is 11.8. The molecule has 0 aliphatic carbocycles. The Balaban J connectivity index is 1.32. The Morgan fingerprint density at radius 2 is 1.80 bits per heavy atom. The molecule has 5 rings (SSSR count). The van der Waals surface area contributed by atoms with Crippen LogP contribution in [0.25, 0.3) is 5.65 Å². The van der Waals surface area contributed by atoms with Gasteiger partial charge in [-0.3, -0.25) is 9.69 Å². The summed E-state index contributed by atoms with van der Waals surface area (Å²) in [5, 5.41) is 4.56. The van der Waals surface area contributed by atoms with E-state index in [4.69, 9.17) is 4.98 Å². The Morgan fingerprint density at radius 1 is 1.07 bits per heavy atom. The third-order valence-electron chi connectivity index (χ3n) is 7.05. The number of hydrogen-bond donors (Lipinski definition) is 0. The van der Waals surface area contributed by atoms with Crippen molar-refractivity contribution >= 4 is 17.4 Å². The van der Waals surface area contributed by atoms with Crippen LogP contribution < -0.4 is 4.90 Å². The van der Waals surface area contributed by atoms with Crippen molar-refractivity contribution in [3.05, 3.63) is 23.5 Å². The molecular formula is C22H33N7O. The predicted molar refractivity (Wildman–Crippen MR) is 117 cm³/mol. The monoisotopic (exact) mass is 411 g/mol. The van der Waals surface area contributed by atoms with Gasteiger partial charge in [0.1, 0.15) is 5.82 Å². The van der Waals surface area contributed by atoms with Gasteiger partial charge in [-0.2, -0.15) is 9.61 Å². The van der Waals surface area contributed by atoms with Gasteiger partial charge >= 0.3 is 0 Å². The van der Waals surface area contributed by atoms with E-state index in [1.54, 1.807) is 0 Å². The SMILES string of the molecule is CC(C)N1CCN(C(=O)C2CN(c3c4c(nc5ccnn35)CCN(C)CC4)C2)CC1. The van der Waals surface area contributed by atoms with Crippen molar-refractivity contribution in [1.29, 1.82) is 0 Å². The van der Waals surface area contributed by atoms with Crippen LogP contribution in [0.2, 0.25) is 0 Å². The zero-order chi connectivity index (χ0) is 20.8. The fraction of sp³-hybridized carbons (Fsp3) is 0.682. The number of piperazine rings is 1. The van der Waals surface area contributed by atoms with E-state index in [9.17, 15) is 4.79 Å². The van der Waals surface area contributed by atoms with Crippen LogP contribution in [-0.4, -0.2) is 101 Å². The van der Waals surface area contributed by atoms with Crippen LogP contribution in [0.4, 0.5) is 5.82 Å². The maximum absolute atomic E-state index is 13.1. The van der Waals surface area contributed by atoms with Gasteiger partial charge in [-0.25, -0.2) is 4.98 Å². The number of fused-ring (bicyclic) bond motifs is 2. The quantitative estimate of drug-likeness (QED) is 0.743. The Labute approximate surface area is 178 Å². The van der Waals surface area contributed by atoms with Crippen LogP contribution in [0.3, 0.4) is 0 Å². The van der Waals surface area contributed by atoms with E-state index in [0.29, 0.717) is 11.9 Å². The molecule has 8 nitrogen and oxygen atoms in total. The van der Waals surface area contributed by atoms with E-state index < -0.39 is 0 Å². The number of hydrogen-bond acceptors (Lipinski definition) is 6. The Bertz CT molecular complexity index is 925. The maximum atomic E-state index is 13.1. The minimum absolute atomic E-state index is 0.0958. The second-order valence-corrected chi connectivity index (χ2v) is 9.32. The summed E-state index contributed by atoms with van der Waals surface area (Å²) in [6.07, 6.45) is 3.78. The summed E-state index contributed by atoms with van der Waals surface area (Å²) in [5.74, 6) is 1.58. The molecule has 2 aromatic heterocycles. The first-order valence-corrected chi connectivity index (χ1v) is 11.3. The largest absolute Gasteiger partial charge is 0.354 e. The molecule has 162 valence electrons.